The highest BCUT2D eigenvalue weighted by molar-refractivity contribution is 6.34. The number of furan rings is 1. The normalized spacial score (nSPS) is 19.6. The maximum absolute atomic E-state index is 12.7. The van der Waals surface area contributed by atoms with Crippen LogP contribution in [0.1, 0.15) is 23.8 Å². The van der Waals surface area contributed by atoms with Gasteiger partial charge in [-0.1, -0.05) is 17.7 Å². The number of hydrogen-bond donors (Lipinski definition) is 2. The summed E-state index contributed by atoms with van der Waals surface area (Å²) in [6.45, 7) is 4.82. The number of hydrogen-bond acceptors (Lipinski definition) is 4. The highest BCUT2D eigenvalue weighted by Gasteiger charge is 2.51. The van der Waals surface area contributed by atoms with Gasteiger partial charge in [-0.05, 0) is 50.1 Å². The van der Waals surface area contributed by atoms with Crippen LogP contribution in [0.4, 0.5) is 10.5 Å². The van der Waals surface area contributed by atoms with Crippen LogP contribution >= 0.6 is 11.6 Å². The van der Waals surface area contributed by atoms with Crippen LogP contribution < -0.4 is 10.6 Å². The monoisotopic (exact) mass is 375 g/mol. The number of nitrogens with zero attached hydrogens (tertiary/aromatic N) is 1. The average molecular weight is 376 g/mol. The van der Waals surface area contributed by atoms with Crippen LogP contribution in [0.3, 0.4) is 0 Å². The summed E-state index contributed by atoms with van der Waals surface area (Å²) in [5, 5.41) is 5.63. The molecular formula is C18H18ClN3O4. The zero-order valence-electron chi connectivity index (χ0n) is 14.6. The van der Waals surface area contributed by atoms with Gasteiger partial charge in [-0.2, -0.15) is 0 Å². The Morgan fingerprint density at radius 2 is 2.08 bits per heavy atom. The Morgan fingerprint density at radius 3 is 2.69 bits per heavy atom. The first-order valence-corrected chi connectivity index (χ1v) is 8.35. The lowest BCUT2D eigenvalue weighted by atomic mass is 9.99. The molecular weight excluding hydrogens is 358 g/mol. The van der Waals surface area contributed by atoms with E-state index in [4.69, 9.17) is 16.0 Å². The summed E-state index contributed by atoms with van der Waals surface area (Å²) in [4.78, 5) is 38.1. The van der Waals surface area contributed by atoms with Crippen molar-refractivity contribution < 1.29 is 18.8 Å². The molecule has 0 saturated carbocycles. The molecule has 8 heteroatoms. The Bertz CT molecular complexity index is 871. The zero-order chi connectivity index (χ0) is 19.1. The van der Waals surface area contributed by atoms with E-state index in [0.717, 1.165) is 16.0 Å². The van der Waals surface area contributed by atoms with Gasteiger partial charge in [0, 0.05) is 0 Å². The Kier molecular flexibility index (Phi) is 4.50. The lowest BCUT2D eigenvalue weighted by molar-refractivity contribution is -0.134. The van der Waals surface area contributed by atoms with Gasteiger partial charge in [0.2, 0.25) is 5.91 Å². The summed E-state index contributed by atoms with van der Waals surface area (Å²) in [7, 11) is 0. The Labute approximate surface area is 155 Å². The molecule has 0 spiro atoms. The Hall–Kier alpha value is -2.80. The van der Waals surface area contributed by atoms with E-state index in [9.17, 15) is 14.4 Å². The van der Waals surface area contributed by atoms with Crippen LogP contribution in [0.25, 0.3) is 0 Å². The van der Waals surface area contributed by atoms with Gasteiger partial charge < -0.3 is 15.1 Å². The molecule has 3 rings (SSSR count). The lowest BCUT2D eigenvalue weighted by Gasteiger charge is -2.19. The number of anilines is 1. The van der Waals surface area contributed by atoms with Crippen molar-refractivity contribution in [3.05, 3.63) is 52.4 Å². The number of carbonyl (C=O) groups is 3. The number of nitrogens with one attached hydrogen (secondary N) is 2. The maximum Gasteiger partial charge on any atom is 0.325 e. The number of amides is 4. The second kappa shape index (κ2) is 6.49. The summed E-state index contributed by atoms with van der Waals surface area (Å²) in [6.07, 6.45) is 1.41. The topological polar surface area (TPSA) is 91.7 Å². The van der Waals surface area contributed by atoms with Crippen molar-refractivity contribution in [3.63, 3.8) is 0 Å². The molecule has 7 nitrogen and oxygen atoms in total. The van der Waals surface area contributed by atoms with Crippen molar-refractivity contribution in [1.82, 2.24) is 10.2 Å². The molecule has 1 aliphatic heterocycles. The molecule has 2 N–H and O–H groups in total. The van der Waals surface area contributed by atoms with Crippen molar-refractivity contribution in [2.24, 2.45) is 0 Å². The summed E-state index contributed by atoms with van der Waals surface area (Å²) < 4.78 is 5.25. The van der Waals surface area contributed by atoms with Crippen molar-refractivity contribution in [2.75, 3.05) is 11.9 Å². The lowest BCUT2D eigenvalue weighted by Crippen LogP contribution is -2.41. The summed E-state index contributed by atoms with van der Waals surface area (Å²) in [6, 6.07) is 6.17. The molecule has 2 aromatic rings. The van der Waals surface area contributed by atoms with Gasteiger partial charge in [0.15, 0.2) is 5.54 Å². The number of aryl methyl sites for hydroxylation is 2. The highest BCUT2D eigenvalue weighted by atomic mass is 35.5. The number of imide groups is 1. The fraction of sp³-hybridized carbons (Fsp3) is 0.278. The molecule has 1 unspecified atom stereocenters. The van der Waals surface area contributed by atoms with E-state index < -0.39 is 29.9 Å². The molecule has 1 saturated heterocycles. The standard InChI is InChI=1S/C18H18ClN3O4/c1-10-7-11(2)15(12(19)8-10)20-14(23)9-22-16(24)18(3,21-17(22)25)13-5-4-6-26-13/h4-8H,9H2,1-3H3,(H,20,23)(H,21,25). The van der Waals surface area contributed by atoms with Crippen molar-refractivity contribution >= 4 is 35.1 Å². The number of urea groups is 1. The van der Waals surface area contributed by atoms with Gasteiger partial charge in [0.25, 0.3) is 5.91 Å². The summed E-state index contributed by atoms with van der Waals surface area (Å²) >= 11 is 6.18. The van der Waals surface area contributed by atoms with E-state index in [-0.39, 0.29) is 0 Å². The van der Waals surface area contributed by atoms with E-state index in [1.807, 2.05) is 19.9 Å². The maximum atomic E-state index is 12.7. The van der Waals surface area contributed by atoms with Gasteiger partial charge in [-0.25, -0.2) is 4.79 Å². The zero-order valence-corrected chi connectivity index (χ0v) is 15.3. The minimum atomic E-state index is -1.34. The SMILES string of the molecule is Cc1cc(C)c(NC(=O)CN2C(=O)NC(C)(c3ccco3)C2=O)c(Cl)c1. The number of halogens is 1. The molecule has 2 heterocycles. The second-order valence-electron chi connectivity index (χ2n) is 6.41. The van der Waals surface area contributed by atoms with Crippen LogP contribution in [0.5, 0.6) is 0 Å². The largest absolute Gasteiger partial charge is 0.466 e. The van der Waals surface area contributed by atoms with E-state index in [1.54, 1.807) is 18.2 Å². The fourth-order valence-corrected chi connectivity index (χ4v) is 3.34. The van der Waals surface area contributed by atoms with Crippen LogP contribution in [-0.4, -0.2) is 29.3 Å². The molecule has 1 aromatic carbocycles. The molecule has 4 amide bonds. The van der Waals surface area contributed by atoms with E-state index in [0.29, 0.717) is 16.5 Å². The van der Waals surface area contributed by atoms with Gasteiger partial charge >= 0.3 is 6.03 Å². The number of rotatable bonds is 4. The Balaban J connectivity index is 1.76. The van der Waals surface area contributed by atoms with Crippen LogP contribution in [0.2, 0.25) is 5.02 Å². The van der Waals surface area contributed by atoms with Crippen molar-refractivity contribution in [3.8, 4) is 0 Å². The molecule has 0 aliphatic carbocycles. The number of carbonyl (C=O) groups excluding carboxylic acids is 3. The number of benzene rings is 1. The quantitative estimate of drug-likeness (QED) is 0.803. The van der Waals surface area contributed by atoms with Crippen LogP contribution in [0.15, 0.2) is 34.9 Å². The molecule has 0 bridgehead atoms. The van der Waals surface area contributed by atoms with Gasteiger partial charge in [0.1, 0.15) is 12.3 Å². The van der Waals surface area contributed by atoms with Crippen LogP contribution in [-0.2, 0) is 15.1 Å². The first-order valence-electron chi connectivity index (χ1n) is 7.97. The average Bonchev–Trinajstić information content (AvgIpc) is 3.16. The summed E-state index contributed by atoms with van der Waals surface area (Å²) in [5.74, 6) is -0.776. The smallest absolute Gasteiger partial charge is 0.325 e. The molecule has 0 radical (unpaired) electrons. The molecule has 26 heavy (non-hydrogen) atoms. The second-order valence-corrected chi connectivity index (χ2v) is 6.82. The molecule has 1 fully saturated rings. The Morgan fingerprint density at radius 1 is 1.35 bits per heavy atom. The van der Waals surface area contributed by atoms with Gasteiger partial charge in [-0.3, -0.25) is 14.5 Å². The molecule has 1 atom stereocenters. The molecule has 1 aromatic heterocycles. The van der Waals surface area contributed by atoms with Gasteiger partial charge in [0.05, 0.1) is 17.0 Å². The van der Waals surface area contributed by atoms with Crippen molar-refractivity contribution in [1.29, 1.82) is 0 Å². The first kappa shape index (κ1) is 18.0. The van der Waals surface area contributed by atoms with E-state index >= 15 is 0 Å². The fourth-order valence-electron chi connectivity index (χ4n) is 2.97. The third kappa shape index (κ3) is 3.06. The minimum Gasteiger partial charge on any atom is -0.466 e. The molecule has 1 aliphatic rings. The predicted octanol–water partition coefficient (Wildman–Crippen LogP) is 2.96. The van der Waals surface area contributed by atoms with Gasteiger partial charge in [-0.15, -0.1) is 0 Å². The minimum absolute atomic E-state index is 0.302. The third-order valence-corrected chi connectivity index (χ3v) is 4.58. The molecule has 136 valence electrons. The van der Waals surface area contributed by atoms with Crippen molar-refractivity contribution in [2.45, 2.75) is 26.3 Å². The third-order valence-electron chi connectivity index (χ3n) is 4.29. The van der Waals surface area contributed by atoms with Crippen LogP contribution in [0, 0.1) is 13.8 Å². The van der Waals surface area contributed by atoms with E-state index in [1.165, 1.54) is 13.2 Å². The highest BCUT2D eigenvalue weighted by Crippen LogP contribution is 2.30. The van der Waals surface area contributed by atoms with E-state index in [2.05, 4.69) is 10.6 Å². The summed E-state index contributed by atoms with van der Waals surface area (Å²) in [5.41, 5.74) is 0.885. The first-order chi connectivity index (χ1) is 12.2. The predicted molar refractivity (Wildman–Crippen MR) is 95.9 cm³/mol.